The Balaban J connectivity index is 2.63. The smallest absolute Gasteiger partial charge is 0.217 e. The van der Waals surface area contributed by atoms with Crippen molar-refractivity contribution in [3.63, 3.8) is 0 Å². The van der Waals surface area contributed by atoms with Gasteiger partial charge >= 0.3 is 0 Å². The lowest BCUT2D eigenvalue weighted by atomic mass is 10.3. The Labute approximate surface area is 92.4 Å². The average molecular weight is 227 g/mol. The number of hydrogen-bond acceptors (Lipinski definition) is 4. The molecule has 0 bridgehead atoms. The fraction of sp³-hybridized carbons (Fsp3) is 0.222. The summed E-state index contributed by atoms with van der Waals surface area (Å²) < 4.78 is 0. The summed E-state index contributed by atoms with van der Waals surface area (Å²) in [6, 6.07) is 0. The first-order valence-electron chi connectivity index (χ1n) is 4.28. The number of hydrogen-bond donors (Lipinski definition) is 2. The highest BCUT2D eigenvalue weighted by molar-refractivity contribution is 6.29. The molecule has 0 saturated heterocycles. The molecule has 0 atom stereocenters. The highest BCUT2D eigenvalue weighted by Gasteiger charge is 1.98. The van der Waals surface area contributed by atoms with E-state index in [1.165, 1.54) is 13.1 Å². The number of nitrogens with one attached hydrogen (secondary N) is 1. The molecule has 1 rings (SSSR count). The minimum absolute atomic E-state index is 0.0928. The van der Waals surface area contributed by atoms with Crippen LogP contribution < -0.4 is 11.1 Å². The van der Waals surface area contributed by atoms with E-state index in [0.29, 0.717) is 18.1 Å². The average Bonchev–Trinajstić information content (AvgIpc) is 2.17. The molecule has 80 valence electrons. The maximum atomic E-state index is 10.6. The van der Waals surface area contributed by atoms with Gasteiger partial charge in [0.1, 0.15) is 16.7 Å². The first-order valence-corrected chi connectivity index (χ1v) is 4.66. The van der Waals surface area contributed by atoms with E-state index in [0.717, 1.165) is 0 Å². The normalized spacial score (nSPS) is 10.5. The molecule has 15 heavy (non-hydrogen) atoms. The summed E-state index contributed by atoms with van der Waals surface area (Å²) in [5.74, 6) is 0.211. The van der Waals surface area contributed by atoms with Crippen molar-refractivity contribution in [2.24, 2.45) is 0 Å². The fourth-order valence-corrected chi connectivity index (χ4v) is 1.03. The van der Waals surface area contributed by atoms with E-state index in [1.807, 2.05) is 0 Å². The summed E-state index contributed by atoms with van der Waals surface area (Å²) >= 11 is 5.65. The van der Waals surface area contributed by atoms with Crippen molar-refractivity contribution in [1.82, 2.24) is 15.3 Å². The molecule has 0 saturated carbocycles. The Morgan fingerprint density at radius 1 is 1.73 bits per heavy atom. The van der Waals surface area contributed by atoms with Crippen LogP contribution in [-0.2, 0) is 4.79 Å². The molecule has 1 aromatic rings. The van der Waals surface area contributed by atoms with Gasteiger partial charge in [-0.2, -0.15) is 0 Å². The number of nitrogens with two attached hydrogens (primary N) is 1. The number of nitrogens with zero attached hydrogens (tertiary/aromatic N) is 2. The van der Waals surface area contributed by atoms with Gasteiger partial charge in [0.2, 0.25) is 5.91 Å². The van der Waals surface area contributed by atoms with Crippen LogP contribution in [0.3, 0.4) is 0 Å². The highest BCUT2D eigenvalue weighted by Crippen LogP contribution is 2.10. The van der Waals surface area contributed by atoms with Gasteiger partial charge in [-0.15, -0.1) is 0 Å². The van der Waals surface area contributed by atoms with Crippen LogP contribution in [0.1, 0.15) is 12.6 Å². The number of rotatable bonds is 3. The number of carbonyl (C=O) groups is 1. The molecule has 5 nitrogen and oxygen atoms in total. The number of halogens is 1. The van der Waals surface area contributed by atoms with Crippen molar-refractivity contribution >= 4 is 29.4 Å². The molecule has 0 radical (unpaired) electrons. The van der Waals surface area contributed by atoms with E-state index in [4.69, 9.17) is 17.3 Å². The Morgan fingerprint density at radius 2 is 2.47 bits per heavy atom. The van der Waals surface area contributed by atoms with Crippen molar-refractivity contribution in [2.45, 2.75) is 6.92 Å². The fourth-order valence-electron chi connectivity index (χ4n) is 0.886. The molecule has 0 spiro atoms. The molecule has 0 aliphatic heterocycles. The predicted octanol–water partition coefficient (Wildman–Crippen LogP) is 0.862. The maximum Gasteiger partial charge on any atom is 0.217 e. The Bertz CT molecular complexity index is 392. The van der Waals surface area contributed by atoms with E-state index in [2.05, 4.69) is 15.3 Å². The molecular weight excluding hydrogens is 216 g/mol. The van der Waals surface area contributed by atoms with E-state index < -0.39 is 0 Å². The van der Waals surface area contributed by atoms with Gasteiger partial charge in [-0.25, -0.2) is 9.97 Å². The lowest BCUT2D eigenvalue weighted by Crippen LogP contribution is -2.19. The number of carbonyl (C=O) groups excluding carboxylic acids is 1. The summed E-state index contributed by atoms with van der Waals surface area (Å²) in [4.78, 5) is 18.4. The number of nitrogen functional groups attached to an aromatic ring is 1. The van der Waals surface area contributed by atoms with Crippen molar-refractivity contribution in [3.05, 3.63) is 23.1 Å². The van der Waals surface area contributed by atoms with Crippen LogP contribution in [-0.4, -0.2) is 22.4 Å². The van der Waals surface area contributed by atoms with Gasteiger partial charge in [0.25, 0.3) is 0 Å². The van der Waals surface area contributed by atoms with E-state index in [-0.39, 0.29) is 11.1 Å². The second-order valence-corrected chi connectivity index (χ2v) is 3.19. The van der Waals surface area contributed by atoms with Crippen molar-refractivity contribution in [3.8, 4) is 0 Å². The largest absolute Gasteiger partial charge is 0.382 e. The minimum atomic E-state index is -0.0928. The van der Waals surface area contributed by atoms with Gasteiger partial charge in [-0.05, 0) is 6.08 Å². The molecule has 0 aliphatic rings. The summed E-state index contributed by atoms with van der Waals surface area (Å²) in [6.07, 6.45) is 4.75. The van der Waals surface area contributed by atoms with Crippen molar-refractivity contribution in [2.75, 3.05) is 12.3 Å². The third kappa shape index (κ3) is 3.95. The molecule has 0 fully saturated rings. The lowest BCUT2D eigenvalue weighted by Gasteiger charge is -1.98. The molecule has 1 heterocycles. The second kappa shape index (κ2) is 5.31. The quantitative estimate of drug-likeness (QED) is 0.801. The van der Waals surface area contributed by atoms with Crippen molar-refractivity contribution in [1.29, 1.82) is 0 Å². The van der Waals surface area contributed by atoms with Crippen LogP contribution in [0.4, 0.5) is 5.82 Å². The van der Waals surface area contributed by atoms with Gasteiger partial charge in [-0.1, -0.05) is 17.7 Å². The summed E-state index contributed by atoms with van der Waals surface area (Å²) in [5.41, 5.74) is 6.05. The maximum absolute atomic E-state index is 10.6. The van der Waals surface area contributed by atoms with Crippen LogP contribution in [0.15, 0.2) is 12.3 Å². The Morgan fingerprint density at radius 3 is 3.13 bits per heavy atom. The highest BCUT2D eigenvalue weighted by atomic mass is 35.5. The summed E-state index contributed by atoms with van der Waals surface area (Å²) in [7, 11) is 0. The molecule has 0 aromatic carbocycles. The van der Waals surface area contributed by atoms with Gasteiger partial charge in [0.15, 0.2) is 0 Å². The van der Waals surface area contributed by atoms with Crippen LogP contribution >= 0.6 is 11.6 Å². The van der Waals surface area contributed by atoms with E-state index in [1.54, 1.807) is 12.2 Å². The Hall–Kier alpha value is -1.62. The number of anilines is 1. The van der Waals surface area contributed by atoms with Crippen molar-refractivity contribution < 1.29 is 4.79 Å². The summed E-state index contributed by atoms with van der Waals surface area (Å²) in [5, 5.41) is 2.88. The van der Waals surface area contributed by atoms with Gasteiger partial charge in [0.05, 0.1) is 6.20 Å². The minimum Gasteiger partial charge on any atom is -0.382 e. The third-order valence-corrected chi connectivity index (χ3v) is 1.73. The molecule has 0 unspecified atom stereocenters. The molecule has 1 aromatic heterocycles. The van der Waals surface area contributed by atoms with E-state index in [9.17, 15) is 4.79 Å². The zero-order chi connectivity index (χ0) is 11.3. The predicted molar refractivity (Wildman–Crippen MR) is 59.2 cm³/mol. The molecular formula is C9H11ClN4O. The molecule has 0 aliphatic carbocycles. The van der Waals surface area contributed by atoms with Crippen LogP contribution in [0.5, 0.6) is 0 Å². The van der Waals surface area contributed by atoms with Gasteiger partial charge in [-0.3, -0.25) is 4.79 Å². The topological polar surface area (TPSA) is 80.9 Å². The molecule has 3 N–H and O–H groups in total. The zero-order valence-corrected chi connectivity index (χ0v) is 8.95. The first-order chi connectivity index (χ1) is 7.09. The lowest BCUT2D eigenvalue weighted by molar-refractivity contribution is -0.118. The SMILES string of the molecule is CC(=O)NCC=Cc1nc(Cl)cnc1N. The van der Waals surface area contributed by atoms with Crippen LogP contribution in [0.25, 0.3) is 6.08 Å². The van der Waals surface area contributed by atoms with Crippen LogP contribution in [0, 0.1) is 0 Å². The number of aromatic nitrogens is 2. The Kier molecular flexibility index (Phi) is 4.05. The van der Waals surface area contributed by atoms with E-state index >= 15 is 0 Å². The van der Waals surface area contributed by atoms with Gasteiger partial charge < -0.3 is 11.1 Å². The standard InChI is InChI=1S/C9H11ClN4O/c1-6(15)12-4-2-3-7-9(11)13-5-8(10)14-7/h2-3,5H,4H2,1H3,(H2,11,13)(H,12,15). The first kappa shape index (κ1) is 11.5. The molecule has 1 amide bonds. The van der Waals surface area contributed by atoms with Crippen LogP contribution in [0.2, 0.25) is 5.15 Å². The summed E-state index contributed by atoms with van der Waals surface area (Å²) in [6.45, 7) is 1.87. The second-order valence-electron chi connectivity index (χ2n) is 2.80. The molecule has 6 heteroatoms. The third-order valence-electron chi connectivity index (χ3n) is 1.54. The number of amides is 1. The monoisotopic (exact) mass is 226 g/mol. The zero-order valence-electron chi connectivity index (χ0n) is 8.20. The van der Waals surface area contributed by atoms with Gasteiger partial charge in [0, 0.05) is 13.5 Å².